The molecule has 0 saturated carbocycles. The van der Waals surface area contributed by atoms with Crippen molar-refractivity contribution in [1.82, 2.24) is 14.8 Å². The van der Waals surface area contributed by atoms with Crippen molar-refractivity contribution in [1.29, 1.82) is 0 Å². The van der Waals surface area contributed by atoms with Gasteiger partial charge in [-0.15, -0.1) is 0 Å². The van der Waals surface area contributed by atoms with E-state index in [0.29, 0.717) is 61.1 Å². The van der Waals surface area contributed by atoms with Crippen LogP contribution >= 0.6 is 0 Å². The number of nitrogens with zero attached hydrogens (tertiary/aromatic N) is 4. The first-order chi connectivity index (χ1) is 25.1. The van der Waals surface area contributed by atoms with Gasteiger partial charge in [0.05, 0.1) is 24.0 Å². The maximum atomic E-state index is 15.9. The zero-order chi connectivity index (χ0) is 36.7. The van der Waals surface area contributed by atoms with Crippen LogP contribution in [0.1, 0.15) is 31.4 Å². The van der Waals surface area contributed by atoms with Crippen molar-refractivity contribution in [2.75, 3.05) is 44.2 Å². The third-order valence-electron chi connectivity index (χ3n) is 9.46. The van der Waals surface area contributed by atoms with Gasteiger partial charge in [0.25, 0.3) is 5.92 Å². The lowest BCUT2D eigenvalue weighted by molar-refractivity contribution is -0.0955. The highest BCUT2D eigenvalue weighted by Gasteiger charge is 2.48. The van der Waals surface area contributed by atoms with Crippen LogP contribution in [-0.4, -0.2) is 66.0 Å². The Bertz CT molecular complexity index is 1890. The number of halogens is 4. The van der Waals surface area contributed by atoms with Gasteiger partial charge in [0.2, 0.25) is 11.8 Å². The topological polar surface area (TPSA) is 41.1 Å². The summed E-state index contributed by atoms with van der Waals surface area (Å²) in [5.74, 6) is -3.47. The fourth-order valence-corrected chi connectivity index (χ4v) is 6.77. The molecule has 0 spiro atoms. The second-order valence-electron chi connectivity index (χ2n) is 13.2. The van der Waals surface area contributed by atoms with E-state index in [9.17, 15) is 4.39 Å². The number of anilines is 1. The smallest absolute Gasteiger partial charge is 0.280 e. The first-order valence-electron chi connectivity index (χ1n) is 17.6. The number of aromatic nitrogens is 1. The second-order valence-corrected chi connectivity index (χ2v) is 13.2. The summed E-state index contributed by atoms with van der Waals surface area (Å²) < 4.78 is 74.4. The first kappa shape index (κ1) is 36.7. The number of hydrogen-bond donors (Lipinski definition) is 0. The number of benzene rings is 3. The standard InChI is InChI=1S/C42H44F4N4O2/c1-4-11-37(40(44)30(2)3)48-22-24-49(25-23-48)38-20-21-50(29-42(38,45)46)36-18-16-33(26-35(36)43)34-17-19-39(51-27-31-12-7-5-8-13-31)47-41(34)52-28-32-14-9-6-10-15-32/h4-19,26,38H,2,20-25,27-29H2,1,3H3/b11-4-,40-37-. The first-order valence-corrected chi connectivity index (χ1v) is 17.6. The molecule has 6 rings (SSSR count). The van der Waals surface area contributed by atoms with E-state index in [4.69, 9.17) is 9.47 Å². The largest absolute Gasteiger partial charge is 0.473 e. The predicted molar refractivity (Wildman–Crippen MR) is 198 cm³/mol. The van der Waals surface area contributed by atoms with Gasteiger partial charge in [0.15, 0.2) is 0 Å². The van der Waals surface area contributed by atoms with Gasteiger partial charge in [0.1, 0.15) is 24.9 Å². The molecule has 2 aliphatic rings. The minimum Gasteiger partial charge on any atom is -0.473 e. The molecule has 0 aliphatic carbocycles. The van der Waals surface area contributed by atoms with Gasteiger partial charge < -0.3 is 19.3 Å². The average Bonchev–Trinajstić information content (AvgIpc) is 3.15. The number of alkyl halides is 2. The van der Waals surface area contributed by atoms with Crippen LogP contribution in [0.2, 0.25) is 0 Å². The van der Waals surface area contributed by atoms with E-state index in [2.05, 4.69) is 11.6 Å². The molecule has 0 bridgehead atoms. The fraction of sp³-hybridized carbons (Fsp3) is 0.310. The molecule has 10 heteroatoms. The number of rotatable bonds is 12. The number of pyridine rings is 1. The minimum atomic E-state index is -3.09. The van der Waals surface area contributed by atoms with Crippen LogP contribution in [0, 0.1) is 5.82 Å². The molecule has 52 heavy (non-hydrogen) atoms. The molecule has 4 aromatic rings. The SMILES string of the molecule is C=C(C)/C(F)=C(\C=C/C)N1CCN(C2CCN(c3ccc(-c4ccc(OCc5ccccc5)nc4OCc4ccccc4)cc3F)CC2(F)F)CC1. The van der Waals surface area contributed by atoms with E-state index in [-0.39, 0.29) is 31.1 Å². The fourth-order valence-electron chi connectivity index (χ4n) is 6.77. The summed E-state index contributed by atoms with van der Waals surface area (Å²) in [7, 11) is 0. The van der Waals surface area contributed by atoms with Crippen molar-refractivity contribution >= 4 is 5.69 Å². The Labute approximate surface area is 303 Å². The van der Waals surface area contributed by atoms with Crippen LogP contribution in [-0.2, 0) is 13.2 Å². The molecule has 0 radical (unpaired) electrons. The number of allylic oxidation sites excluding steroid dienone is 4. The van der Waals surface area contributed by atoms with Crippen LogP contribution < -0.4 is 14.4 Å². The lowest BCUT2D eigenvalue weighted by Gasteiger charge is -2.47. The van der Waals surface area contributed by atoms with Crippen LogP contribution in [0.3, 0.4) is 0 Å². The van der Waals surface area contributed by atoms with Crippen LogP contribution in [0.5, 0.6) is 11.8 Å². The van der Waals surface area contributed by atoms with Gasteiger partial charge >= 0.3 is 0 Å². The molecule has 1 atom stereocenters. The van der Waals surface area contributed by atoms with Crippen molar-refractivity contribution in [3.63, 3.8) is 0 Å². The Kier molecular flexibility index (Phi) is 11.6. The Morgan fingerprint density at radius 2 is 1.54 bits per heavy atom. The van der Waals surface area contributed by atoms with E-state index in [0.717, 1.165) is 11.1 Å². The van der Waals surface area contributed by atoms with Crippen molar-refractivity contribution < 1.29 is 27.0 Å². The molecule has 0 N–H and O–H groups in total. The minimum absolute atomic E-state index is 0.116. The van der Waals surface area contributed by atoms with E-state index in [1.54, 1.807) is 48.2 Å². The molecule has 1 aromatic heterocycles. The molecular formula is C42H44F4N4O2. The third kappa shape index (κ3) is 8.67. The highest BCUT2D eigenvalue weighted by molar-refractivity contribution is 5.71. The number of piperazine rings is 1. The third-order valence-corrected chi connectivity index (χ3v) is 9.46. The number of ether oxygens (including phenoxy) is 2. The Morgan fingerprint density at radius 1 is 0.885 bits per heavy atom. The van der Waals surface area contributed by atoms with Gasteiger partial charge in [0, 0.05) is 44.4 Å². The molecule has 1 unspecified atom stereocenters. The maximum Gasteiger partial charge on any atom is 0.280 e. The molecule has 2 aliphatic heterocycles. The summed E-state index contributed by atoms with van der Waals surface area (Å²) in [5.41, 5.74) is 3.83. The summed E-state index contributed by atoms with van der Waals surface area (Å²) >= 11 is 0. The summed E-state index contributed by atoms with van der Waals surface area (Å²) in [6, 6.07) is 26.4. The van der Waals surface area contributed by atoms with Crippen LogP contribution in [0.25, 0.3) is 11.1 Å². The molecule has 3 aromatic carbocycles. The van der Waals surface area contributed by atoms with Gasteiger partial charge in [-0.25, -0.2) is 17.6 Å². The average molecular weight is 713 g/mol. The maximum absolute atomic E-state index is 15.9. The van der Waals surface area contributed by atoms with Gasteiger partial charge in [-0.3, -0.25) is 4.90 Å². The summed E-state index contributed by atoms with van der Waals surface area (Å²) in [4.78, 5) is 9.71. The molecule has 3 heterocycles. The summed E-state index contributed by atoms with van der Waals surface area (Å²) in [6.45, 7) is 8.91. The lowest BCUT2D eigenvalue weighted by atomic mass is 9.97. The van der Waals surface area contributed by atoms with Gasteiger partial charge in [-0.05, 0) is 66.8 Å². The zero-order valence-electron chi connectivity index (χ0n) is 29.6. The second kappa shape index (κ2) is 16.5. The van der Waals surface area contributed by atoms with Crippen LogP contribution in [0.15, 0.2) is 127 Å². The van der Waals surface area contributed by atoms with E-state index >= 15 is 13.2 Å². The Morgan fingerprint density at radius 3 is 2.13 bits per heavy atom. The molecule has 0 amide bonds. The lowest BCUT2D eigenvalue weighted by Crippen LogP contribution is -2.62. The van der Waals surface area contributed by atoms with Crippen molar-refractivity contribution in [3.05, 3.63) is 144 Å². The predicted octanol–water partition coefficient (Wildman–Crippen LogP) is 9.21. The number of piperidine rings is 1. The van der Waals surface area contributed by atoms with Gasteiger partial charge in [-0.1, -0.05) is 79.4 Å². The van der Waals surface area contributed by atoms with E-state index in [1.807, 2.05) is 72.5 Å². The zero-order valence-corrected chi connectivity index (χ0v) is 29.6. The Balaban J connectivity index is 1.15. The quantitative estimate of drug-likeness (QED) is 0.108. The summed E-state index contributed by atoms with van der Waals surface area (Å²) in [6.07, 6.45) is 3.62. The normalized spacial score (nSPS) is 18.3. The summed E-state index contributed by atoms with van der Waals surface area (Å²) in [5, 5.41) is 0. The van der Waals surface area contributed by atoms with Crippen molar-refractivity contribution in [3.8, 4) is 22.9 Å². The number of hydrogen-bond acceptors (Lipinski definition) is 6. The molecule has 2 fully saturated rings. The monoisotopic (exact) mass is 712 g/mol. The Hall–Kier alpha value is -5.09. The molecule has 6 nitrogen and oxygen atoms in total. The van der Waals surface area contributed by atoms with Crippen molar-refractivity contribution in [2.45, 2.75) is 45.4 Å². The molecule has 2 saturated heterocycles. The molecule has 272 valence electrons. The van der Waals surface area contributed by atoms with E-state index < -0.39 is 30.2 Å². The van der Waals surface area contributed by atoms with Gasteiger partial charge in [-0.2, -0.15) is 4.98 Å². The highest BCUT2D eigenvalue weighted by atomic mass is 19.3. The van der Waals surface area contributed by atoms with Crippen molar-refractivity contribution in [2.24, 2.45) is 0 Å². The molecular weight excluding hydrogens is 668 g/mol. The highest BCUT2D eigenvalue weighted by Crippen LogP contribution is 2.38. The van der Waals surface area contributed by atoms with Crippen LogP contribution in [0.4, 0.5) is 23.2 Å². The van der Waals surface area contributed by atoms with E-state index in [1.165, 1.54) is 11.0 Å².